The van der Waals surface area contributed by atoms with Crippen LogP contribution in [0.5, 0.6) is 0 Å². The minimum atomic E-state index is -4.36. The number of anilines is 1. The van der Waals surface area contributed by atoms with Crippen molar-refractivity contribution in [3.05, 3.63) is 71.8 Å². The maximum Gasteiger partial charge on any atom is 0.335 e. The summed E-state index contributed by atoms with van der Waals surface area (Å²) in [7, 11) is -4.36. The molecule has 0 spiro atoms. The van der Waals surface area contributed by atoms with Crippen molar-refractivity contribution in [3.8, 4) is 0 Å². The number of para-hydroxylation sites is 1. The zero-order valence-corrected chi connectivity index (χ0v) is 14.6. The fraction of sp³-hybridized carbons (Fsp3) is 0. The van der Waals surface area contributed by atoms with Gasteiger partial charge in [0.2, 0.25) is 0 Å². The average molecular weight is 386 g/mol. The third kappa shape index (κ3) is 3.95. The summed E-state index contributed by atoms with van der Waals surface area (Å²) in [6, 6.07) is 15.2. The second-order valence-corrected chi connectivity index (χ2v) is 6.99. The molecule has 0 unspecified atom stereocenters. The molecule has 0 heterocycles. The number of hydrogen-bond donors (Lipinski definition) is 3. The van der Waals surface area contributed by atoms with E-state index in [-0.39, 0.29) is 10.5 Å². The number of carboxylic acid groups (broad SMARTS) is 1. The molecule has 0 atom stereocenters. The Balaban J connectivity index is 1.90. The summed E-state index contributed by atoms with van der Waals surface area (Å²) >= 11 is 0. The van der Waals surface area contributed by atoms with Crippen LogP contribution in [0.1, 0.15) is 20.7 Å². The Morgan fingerprint density at radius 3 is 2.48 bits per heavy atom. The first kappa shape index (κ1) is 18.5. The van der Waals surface area contributed by atoms with Crippen LogP contribution in [0.3, 0.4) is 0 Å². The van der Waals surface area contributed by atoms with E-state index in [2.05, 4.69) is 11.0 Å². The second kappa shape index (κ2) is 7.54. The van der Waals surface area contributed by atoms with Gasteiger partial charge in [0.15, 0.2) is 6.29 Å². The Kier molecular flexibility index (Phi) is 5.17. The van der Waals surface area contributed by atoms with Crippen LogP contribution < -0.4 is 11.0 Å². The van der Waals surface area contributed by atoms with E-state index in [1.165, 1.54) is 12.1 Å². The Morgan fingerprint density at radius 1 is 1.04 bits per heavy atom. The van der Waals surface area contributed by atoms with Gasteiger partial charge in [-0.05, 0) is 29.7 Å². The molecule has 0 aromatic heterocycles. The molecule has 0 saturated heterocycles. The summed E-state index contributed by atoms with van der Waals surface area (Å²) in [5.41, 5.74) is 4.98. The number of hydrazine groups is 1. The normalized spacial score (nSPS) is 11.3. The van der Waals surface area contributed by atoms with Crippen molar-refractivity contribution in [2.75, 3.05) is 5.43 Å². The van der Waals surface area contributed by atoms with Gasteiger partial charge in [0.05, 0.1) is 11.3 Å². The highest BCUT2D eigenvalue weighted by Gasteiger charge is 2.21. The predicted molar refractivity (Wildman–Crippen MR) is 97.8 cm³/mol. The van der Waals surface area contributed by atoms with Crippen molar-refractivity contribution in [2.45, 2.75) is 4.90 Å². The van der Waals surface area contributed by atoms with Crippen LogP contribution in [0.4, 0.5) is 5.69 Å². The monoisotopic (exact) mass is 386 g/mol. The Labute approximate surface area is 154 Å². The summed E-state index contributed by atoms with van der Waals surface area (Å²) in [6.45, 7) is 0. The lowest BCUT2D eigenvalue weighted by molar-refractivity contribution is 0.0696. The van der Waals surface area contributed by atoms with Crippen molar-refractivity contribution in [1.82, 2.24) is 5.59 Å². The molecule has 9 heteroatoms. The van der Waals surface area contributed by atoms with Gasteiger partial charge in [-0.3, -0.25) is 10.2 Å². The molecule has 0 radical (unpaired) electrons. The van der Waals surface area contributed by atoms with Gasteiger partial charge in [0, 0.05) is 10.9 Å². The number of carbonyl (C=O) groups excluding carboxylic acids is 1. The standard InChI is InChI=1S/C18H14N2O6S/c21-11-13-6-2-4-8-16(13)19-20-26-27(24,25)17-10-14(18(22)23)9-12-5-1-3-7-15(12)17/h1-11,19-20H,(H,22,23). The van der Waals surface area contributed by atoms with Gasteiger partial charge in [-0.1, -0.05) is 42.0 Å². The Morgan fingerprint density at radius 2 is 1.74 bits per heavy atom. The van der Waals surface area contributed by atoms with Crippen molar-refractivity contribution < 1.29 is 27.4 Å². The number of carboxylic acids is 1. The first-order chi connectivity index (χ1) is 12.9. The predicted octanol–water partition coefficient (Wildman–Crippen LogP) is 2.59. The highest BCUT2D eigenvalue weighted by Crippen LogP contribution is 2.26. The summed E-state index contributed by atoms with van der Waals surface area (Å²) in [5.74, 6) is -1.26. The summed E-state index contributed by atoms with van der Waals surface area (Å²) in [4.78, 5) is 22.0. The smallest absolute Gasteiger partial charge is 0.335 e. The molecule has 27 heavy (non-hydrogen) atoms. The number of fused-ring (bicyclic) bond motifs is 1. The highest BCUT2D eigenvalue weighted by atomic mass is 32.2. The summed E-state index contributed by atoms with van der Waals surface area (Å²) < 4.78 is 29.9. The molecule has 3 aromatic rings. The van der Waals surface area contributed by atoms with E-state index < -0.39 is 16.1 Å². The maximum atomic E-state index is 12.6. The molecule has 0 aliphatic heterocycles. The van der Waals surface area contributed by atoms with Gasteiger partial charge in [0.1, 0.15) is 4.90 Å². The zero-order chi connectivity index (χ0) is 19.4. The van der Waals surface area contributed by atoms with Crippen molar-refractivity contribution in [1.29, 1.82) is 0 Å². The van der Waals surface area contributed by atoms with Crippen LogP contribution in [0.15, 0.2) is 65.6 Å². The lowest BCUT2D eigenvalue weighted by Crippen LogP contribution is -2.26. The topological polar surface area (TPSA) is 122 Å². The van der Waals surface area contributed by atoms with Crippen molar-refractivity contribution in [2.24, 2.45) is 0 Å². The molecule has 3 aromatic carbocycles. The number of nitrogens with one attached hydrogen (secondary N) is 2. The minimum Gasteiger partial charge on any atom is -0.478 e. The maximum absolute atomic E-state index is 12.6. The van der Waals surface area contributed by atoms with Crippen LogP contribution in [-0.2, 0) is 14.4 Å². The molecule has 0 saturated carbocycles. The Bertz CT molecular complexity index is 1130. The average Bonchev–Trinajstić information content (AvgIpc) is 2.67. The molecule has 0 aliphatic carbocycles. The first-order valence-electron chi connectivity index (χ1n) is 7.67. The number of benzene rings is 3. The van der Waals surface area contributed by atoms with Crippen LogP contribution in [0.2, 0.25) is 0 Å². The van der Waals surface area contributed by atoms with Crippen LogP contribution in [0, 0.1) is 0 Å². The molecule has 0 fully saturated rings. The number of carbonyl (C=O) groups is 2. The molecular formula is C18H14N2O6S. The first-order valence-corrected chi connectivity index (χ1v) is 9.08. The van der Waals surface area contributed by atoms with E-state index in [1.807, 2.05) is 0 Å². The fourth-order valence-electron chi connectivity index (χ4n) is 2.49. The van der Waals surface area contributed by atoms with E-state index >= 15 is 0 Å². The third-order valence-electron chi connectivity index (χ3n) is 3.76. The number of aromatic carboxylic acids is 1. The molecule has 0 amide bonds. The van der Waals surface area contributed by atoms with Gasteiger partial charge in [-0.25, -0.2) is 4.79 Å². The van der Waals surface area contributed by atoms with Crippen LogP contribution >= 0.6 is 0 Å². The fourth-order valence-corrected chi connectivity index (χ4v) is 3.46. The Hall–Kier alpha value is -3.27. The molecular weight excluding hydrogens is 372 g/mol. The zero-order valence-electron chi connectivity index (χ0n) is 13.7. The summed E-state index contributed by atoms with van der Waals surface area (Å²) in [6.07, 6.45) is 0.600. The third-order valence-corrected chi connectivity index (χ3v) is 4.94. The lowest BCUT2D eigenvalue weighted by Gasteiger charge is -2.12. The van der Waals surface area contributed by atoms with Gasteiger partial charge in [-0.2, -0.15) is 12.7 Å². The van der Waals surface area contributed by atoms with Gasteiger partial charge in [0.25, 0.3) is 0 Å². The van der Waals surface area contributed by atoms with E-state index in [1.54, 1.807) is 42.5 Å². The van der Waals surface area contributed by atoms with Crippen LogP contribution in [-0.4, -0.2) is 25.8 Å². The lowest BCUT2D eigenvalue weighted by atomic mass is 10.1. The number of aldehydes is 1. The van der Waals surface area contributed by atoms with Gasteiger partial charge < -0.3 is 5.11 Å². The molecule has 8 nitrogen and oxygen atoms in total. The number of hydrogen-bond acceptors (Lipinski definition) is 7. The van der Waals surface area contributed by atoms with E-state index in [9.17, 15) is 23.1 Å². The van der Waals surface area contributed by atoms with Crippen LogP contribution in [0.25, 0.3) is 10.8 Å². The van der Waals surface area contributed by atoms with E-state index in [0.29, 0.717) is 28.3 Å². The SMILES string of the molecule is O=Cc1ccccc1NNOS(=O)(=O)c1cc(C(=O)O)cc2ccccc12. The van der Waals surface area contributed by atoms with Crippen molar-refractivity contribution in [3.63, 3.8) is 0 Å². The minimum absolute atomic E-state index is 0.185. The molecule has 0 aliphatic rings. The van der Waals surface area contributed by atoms with Gasteiger partial charge >= 0.3 is 16.1 Å². The molecule has 0 bridgehead atoms. The quantitative estimate of drug-likeness (QED) is 0.418. The molecule has 3 N–H and O–H groups in total. The van der Waals surface area contributed by atoms with Gasteiger partial charge in [-0.15, -0.1) is 0 Å². The van der Waals surface area contributed by atoms with E-state index in [0.717, 1.165) is 6.07 Å². The molecule has 3 rings (SSSR count). The number of rotatable bonds is 7. The second-order valence-electron chi connectivity index (χ2n) is 5.47. The molecule has 138 valence electrons. The summed E-state index contributed by atoms with van der Waals surface area (Å²) in [5, 5.41) is 9.98. The van der Waals surface area contributed by atoms with E-state index in [4.69, 9.17) is 4.28 Å². The highest BCUT2D eigenvalue weighted by molar-refractivity contribution is 7.87. The van der Waals surface area contributed by atoms with Crippen molar-refractivity contribution >= 4 is 38.8 Å². The largest absolute Gasteiger partial charge is 0.478 e.